The fourth-order valence-corrected chi connectivity index (χ4v) is 3.41. The number of hydrogen-bond acceptors (Lipinski definition) is 2. The van der Waals surface area contributed by atoms with Gasteiger partial charge in [-0.25, -0.2) is 0 Å². The first-order valence-electron chi connectivity index (χ1n) is 5.54. The Labute approximate surface area is 99.7 Å². The Bertz CT molecular complexity index is 504. The fraction of sp³-hybridized carbons (Fsp3) is 0.308. The van der Waals surface area contributed by atoms with Crippen molar-refractivity contribution in [2.24, 2.45) is 0 Å². The molecule has 1 unspecified atom stereocenters. The van der Waals surface area contributed by atoms with Crippen LogP contribution in [-0.4, -0.2) is 15.5 Å². The number of fused-ring (bicyclic) bond motifs is 1. The second kappa shape index (κ2) is 3.98. The number of aromatic nitrogens is 2. The molecule has 16 heavy (non-hydrogen) atoms. The topological polar surface area (TPSA) is 17.8 Å². The van der Waals surface area contributed by atoms with Crippen LogP contribution in [0.25, 0.3) is 0 Å². The molecule has 0 saturated carbocycles. The third-order valence-electron chi connectivity index (χ3n) is 2.97. The van der Waals surface area contributed by atoms with E-state index in [-0.39, 0.29) is 0 Å². The molecule has 82 valence electrons. The van der Waals surface area contributed by atoms with Gasteiger partial charge in [-0.05, 0) is 24.1 Å². The van der Waals surface area contributed by atoms with Crippen molar-refractivity contribution in [1.29, 1.82) is 0 Å². The molecular weight excluding hydrogens is 216 g/mol. The summed E-state index contributed by atoms with van der Waals surface area (Å²) in [6, 6.07) is 8.71. The summed E-state index contributed by atoms with van der Waals surface area (Å²) < 4.78 is 2.06. The Morgan fingerprint density at radius 1 is 1.44 bits per heavy atom. The van der Waals surface area contributed by atoms with Crippen LogP contribution in [0.1, 0.15) is 17.0 Å². The van der Waals surface area contributed by atoms with Gasteiger partial charge in [0.05, 0.1) is 6.20 Å². The number of aryl methyl sites for hydroxylation is 1. The molecule has 1 aliphatic heterocycles. The van der Waals surface area contributed by atoms with E-state index in [1.807, 2.05) is 18.0 Å². The standard InChI is InChI=1S/C13H14N2S/c1-10-6-14-15(7-10)8-11-9-16-13-5-3-2-4-12(11)13/h2-7,11H,8-9H2,1H3. The van der Waals surface area contributed by atoms with Gasteiger partial charge in [0.15, 0.2) is 0 Å². The molecule has 0 amide bonds. The highest BCUT2D eigenvalue weighted by Crippen LogP contribution is 2.39. The summed E-state index contributed by atoms with van der Waals surface area (Å²) in [4.78, 5) is 1.44. The molecule has 0 bridgehead atoms. The molecule has 3 heteroatoms. The van der Waals surface area contributed by atoms with Crippen LogP contribution in [0.4, 0.5) is 0 Å². The third kappa shape index (κ3) is 1.76. The van der Waals surface area contributed by atoms with Crippen LogP contribution in [0.5, 0.6) is 0 Å². The molecule has 0 aliphatic carbocycles. The molecule has 1 aromatic carbocycles. The van der Waals surface area contributed by atoms with Crippen LogP contribution in [0.2, 0.25) is 0 Å². The van der Waals surface area contributed by atoms with Gasteiger partial charge in [0.1, 0.15) is 0 Å². The summed E-state index contributed by atoms with van der Waals surface area (Å²) in [5.74, 6) is 1.79. The van der Waals surface area contributed by atoms with Gasteiger partial charge in [-0.15, -0.1) is 11.8 Å². The van der Waals surface area contributed by atoms with E-state index >= 15 is 0 Å². The first-order valence-corrected chi connectivity index (χ1v) is 6.52. The predicted octanol–water partition coefficient (Wildman–Crippen LogP) is 3.08. The van der Waals surface area contributed by atoms with Gasteiger partial charge in [-0.3, -0.25) is 4.68 Å². The zero-order chi connectivity index (χ0) is 11.0. The second-order valence-electron chi connectivity index (χ2n) is 4.29. The maximum Gasteiger partial charge on any atom is 0.0518 e. The van der Waals surface area contributed by atoms with Crippen molar-refractivity contribution in [3.8, 4) is 0 Å². The van der Waals surface area contributed by atoms with Crippen molar-refractivity contribution < 1.29 is 0 Å². The minimum Gasteiger partial charge on any atom is -0.272 e. The average Bonchev–Trinajstić information content (AvgIpc) is 2.87. The van der Waals surface area contributed by atoms with Gasteiger partial charge >= 0.3 is 0 Å². The number of benzene rings is 1. The minimum atomic E-state index is 0.612. The van der Waals surface area contributed by atoms with Crippen molar-refractivity contribution in [3.63, 3.8) is 0 Å². The first-order chi connectivity index (χ1) is 7.83. The van der Waals surface area contributed by atoms with Gasteiger partial charge in [-0.2, -0.15) is 5.10 Å². The number of thioether (sulfide) groups is 1. The van der Waals surface area contributed by atoms with E-state index in [4.69, 9.17) is 0 Å². The molecule has 0 N–H and O–H groups in total. The maximum absolute atomic E-state index is 4.36. The molecule has 1 aromatic heterocycles. The molecular formula is C13H14N2S. The molecule has 1 aliphatic rings. The van der Waals surface area contributed by atoms with E-state index in [0.29, 0.717) is 5.92 Å². The lowest BCUT2D eigenvalue weighted by molar-refractivity contribution is 0.549. The van der Waals surface area contributed by atoms with Crippen molar-refractivity contribution in [3.05, 3.63) is 47.8 Å². The molecule has 0 fully saturated rings. The van der Waals surface area contributed by atoms with E-state index in [1.165, 1.54) is 21.8 Å². The Morgan fingerprint density at radius 3 is 3.12 bits per heavy atom. The van der Waals surface area contributed by atoms with Crippen LogP contribution >= 0.6 is 11.8 Å². The maximum atomic E-state index is 4.36. The molecule has 3 rings (SSSR count). The number of hydrogen-bond donors (Lipinski definition) is 0. The molecule has 2 heterocycles. The highest BCUT2D eigenvalue weighted by atomic mass is 32.2. The molecule has 0 radical (unpaired) electrons. The van der Waals surface area contributed by atoms with Crippen LogP contribution in [0, 0.1) is 6.92 Å². The second-order valence-corrected chi connectivity index (χ2v) is 5.35. The van der Waals surface area contributed by atoms with E-state index < -0.39 is 0 Å². The fourth-order valence-electron chi connectivity index (χ4n) is 2.17. The molecule has 2 aromatic rings. The minimum absolute atomic E-state index is 0.612. The van der Waals surface area contributed by atoms with Crippen LogP contribution < -0.4 is 0 Å². The van der Waals surface area contributed by atoms with Crippen molar-refractivity contribution in [2.45, 2.75) is 24.3 Å². The van der Waals surface area contributed by atoms with Gasteiger partial charge in [0.25, 0.3) is 0 Å². The zero-order valence-corrected chi connectivity index (χ0v) is 10.1. The Kier molecular flexibility index (Phi) is 2.48. The summed E-state index contributed by atoms with van der Waals surface area (Å²) in [7, 11) is 0. The van der Waals surface area contributed by atoms with Crippen molar-refractivity contribution in [1.82, 2.24) is 9.78 Å². The quantitative estimate of drug-likeness (QED) is 0.789. The van der Waals surface area contributed by atoms with Crippen LogP contribution in [-0.2, 0) is 6.54 Å². The largest absolute Gasteiger partial charge is 0.272 e. The Hall–Kier alpha value is -1.22. The van der Waals surface area contributed by atoms with E-state index in [0.717, 1.165) is 6.54 Å². The third-order valence-corrected chi connectivity index (χ3v) is 4.22. The summed E-state index contributed by atoms with van der Waals surface area (Å²) in [5, 5.41) is 4.36. The smallest absolute Gasteiger partial charge is 0.0518 e. The lowest BCUT2D eigenvalue weighted by Gasteiger charge is -2.10. The van der Waals surface area contributed by atoms with Crippen molar-refractivity contribution >= 4 is 11.8 Å². The molecule has 1 atom stereocenters. The monoisotopic (exact) mass is 230 g/mol. The SMILES string of the molecule is Cc1cnn(CC2CSc3ccccc32)c1. The van der Waals surface area contributed by atoms with Crippen LogP contribution in [0.3, 0.4) is 0 Å². The van der Waals surface area contributed by atoms with Gasteiger partial charge in [0.2, 0.25) is 0 Å². The lowest BCUT2D eigenvalue weighted by Crippen LogP contribution is -2.08. The predicted molar refractivity (Wildman–Crippen MR) is 66.9 cm³/mol. The Morgan fingerprint density at radius 2 is 2.31 bits per heavy atom. The molecule has 2 nitrogen and oxygen atoms in total. The number of nitrogens with zero attached hydrogens (tertiary/aromatic N) is 2. The number of rotatable bonds is 2. The molecule has 0 spiro atoms. The Balaban J connectivity index is 1.83. The zero-order valence-electron chi connectivity index (χ0n) is 9.26. The summed E-state index contributed by atoms with van der Waals surface area (Å²) >= 11 is 1.96. The van der Waals surface area contributed by atoms with Crippen LogP contribution in [0.15, 0.2) is 41.6 Å². The highest BCUT2D eigenvalue weighted by Gasteiger charge is 2.22. The molecule has 0 saturated heterocycles. The normalized spacial score (nSPS) is 18.7. The van der Waals surface area contributed by atoms with E-state index in [2.05, 4.69) is 47.2 Å². The van der Waals surface area contributed by atoms with Gasteiger partial charge < -0.3 is 0 Å². The summed E-state index contributed by atoms with van der Waals surface area (Å²) in [5.41, 5.74) is 2.72. The highest BCUT2D eigenvalue weighted by molar-refractivity contribution is 7.99. The average molecular weight is 230 g/mol. The van der Waals surface area contributed by atoms with E-state index in [9.17, 15) is 0 Å². The van der Waals surface area contributed by atoms with Crippen molar-refractivity contribution in [2.75, 3.05) is 5.75 Å². The van der Waals surface area contributed by atoms with Gasteiger partial charge in [0, 0.05) is 29.3 Å². The van der Waals surface area contributed by atoms with Gasteiger partial charge in [-0.1, -0.05) is 18.2 Å². The first kappa shape index (κ1) is 9.97. The lowest BCUT2D eigenvalue weighted by atomic mass is 10.0. The summed E-state index contributed by atoms with van der Waals surface area (Å²) in [6.07, 6.45) is 4.04. The van der Waals surface area contributed by atoms with E-state index in [1.54, 1.807) is 0 Å². The summed E-state index contributed by atoms with van der Waals surface area (Å²) in [6.45, 7) is 3.08.